The van der Waals surface area contributed by atoms with Gasteiger partial charge < -0.3 is 9.64 Å². The van der Waals surface area contributed by atoms with Crippen molar-refractivity contribution in [3.05, 3.63) is 0 Å². The van der Waals surface area contributed by atoms with Gasteiger partial charge in [0.25, 0.3) is 0 Å². The Morgan fingerprint density at radius 1 is 1.19 bits per heavy atom. The number of carbonyl (C=O) groups excluding carboxylic acids is 1. The summed E-state index contributed by atoms with van der Waals surface area (Å²) < 4.78 is 5.30. The van der Waals surface area contributed by atoms with Crippen LogP contribution in [0.5, 0.6) is 0 Å². The highest BCUT2D eigenvalue weighted by atomic mass is 16.6. The van der Waals surface area contributed by atoms with Gasteiger partial charge in [0, 0.05) is 13.6 Å². The number of rotatable bonds is 2. The largest absolute Gasteiger partial charge is 0.444 e. The Morgan fingerprint density at radius 3 is 1.94 bits per heavy atom. The van der Waals surface area contributed by atoms with E-state index in [2.05, 4.69) is 27.7 Å². The molecule has 1 amide bonds. The Bertz CT molecular complexity index is 235. The molecule has 0 bridgehead atoms. The third-order valence-electron chi connectivity index (χ3n) is 2.73. The second-order valence-electron chi connectivity index (χ2n) is 6.63. The second kappa shape index (κ2) is 5.07. The topological polar surface area (TPSA) is 29.5 Å². The molecule has 1 atom stereocenters. The van der Waals surface area contributed by atoms with Gasteiger partial charge in [-0.3, -0.25) is 0 Å². The number of amides is 1. The molecule has 3 heteroatoms. The Morgan fingerprint density at radius 2 is 1.62 bits per heavy atom. The number of ether oxygens (including phenoxy) is 1. The summed E-state index contributed by atoms with van der Waals surface area (Å²) in [6.07, 6.45) is -0.247. The third-order valence-corrected chi connectivity index (χ3v) is 2.73. The molecule has 3 nitrogen and oxygen atoms in total. The fraction of sp³-hybridized carbons (Fsp3) is 0.923. The van der Waals surface area contributed by atoms with Gasteiger partial charge in [0.15, 0.2) is 0 Å². The van der Waals surface area contributed by atoms with E-state index in [4.69, 9.17) is 4.74 Å². The van der Waals surface area contributed by atoms with Crippen LogP contribution in [0.1, 0.15) is 48.5 Å². The lowest BCUT2D eigenvalue weighted by Crippen LogP contribution is -2.39. The maximum Gasteiger partial charge on any atom is 0.410 e. The van der Waals surface area contributed by atoms with Crippen molar-refractivity contribution < 1.29 is 9.53 Å². The van der Waals surface area contributed by atoms with Crippen LogP contribution in [0.2, 0.25) is 0 Å². The average Bonchev–Trinajstić information content (AvgIpc) is 1.98. The van der Waals surface area contributed by atoms with E-state index in [0.717, 1.165) is 6.54 Å². The molecule has 0 aromatic heterocycles. The summed E-state index contributed by atoms with van der Waals surface area (Å²) in [6.45, 7) is 15.1. The van der Waals surface area contributed by atoms with Gasteiger partial charge in [-0.1, -0.05) is 27.7 Å². The molecular formula is C13H27NO2. The normalized spacial score (nSPS) is 14.5. The van der Waals surface area contributed by atoms with Crippen molar-refractivity contribution >= 4 is 6.09 Å². The summed E-state index contributed by atoms with van der Waals surface area (Å²) in [7, 11) is 1.79. The Kier molecular flexibility index (Phi) is 4.84. The van der Waals surface area contributed by atoms with Crippen molar-refractivity contribution in [2.45, 2.75) is 54.1 Å². The molecule has 0 N–H and O–H groups in total. The molecule has 0 radical (unpaired) electrons. The van der Waals surface area contributed by atoms with Crippen molar-refractivity contribution in [1.82, 2.24) is 4.90 Å². The maximum absolute atomic E-state index is 11.7. The quantitative estimate of drug-likeness (QED) is 0.725. The summed E-state index contributed by atoms with van der Waals surface area (Å²) in [4.78, 5) is 13.4. The van der Waals surface area contributed by atoms with Crippen molar-refractivity contribution in [1.29, 1.82) is 0 Å². The number of nitrogens with zero attached hydrogens (tertiary/aromatic N) is 1. The van der Waals surface area contributed by atoms with Gasteiger partial charge in [0.2, 0.25) is 0 Å². The van der Waals surface area contributed by atoms with Crippen LogP contribution in [0, 0.1) is 11.3 Å². The molecule has 0 aromatic rings. The van der Waals surface area contributed by atoms with E-state index < -0.39 is 5.60 Å². The molecule has 1 unspecified atom stereocenters. The van der Waals surface area contributed by atoms with Crippen LogP contribution in [-0.2, 0) is 4.74 Å². The predicted octanol–water partition coefficient (Wildman–Crippen LogP) is 3.54. The van der Waals surface area contributed by atoms with Gasteiger partial charge in [0.1, 0.15) is 5.60 Å². The van der Waals surface area contributed by atoms with Gasteiger partial charge in [-0.2, -0.15) is 0 Å². The maximum atomic E-state index is 11.7. The van der Waals surface area contributed by atoms with Gasteiger partial charge in [-0.25, -0.2) is 4.79 Å². The van der Waals surface area contributed by atoms with E-state index in [1.807, 2.05) is 20.8 Å². The minimum Gasteiger partial charge on any atom is -0.444 e. The molecular weight excluding hydrogens is 202 g/mol. The van der Waals surface area contributed by atoms with Crippen LogP contribution in [0.25, 0.3) is 0 Å². The van der Waals surface area contributed by atoms with Crippen molar-refractivity contribution in [2.24, 2.45) is 11.3 Å². The molecule has 96 valence electrons. The predicted molar refractivity (Wildman–Crippen MR) is 67.5 cm³/mol. The zero-order chi connectivity index (χ0) is 13.1. The van der Waals surface area contributed by atoms with Gasteiger partial charge in [0.05, 0.1) is 0 Å². The second-order valence-corrected chi connectivity index (χ2v) is 6.63. The molecule has 0 aliphatic heterocycles. The van der Waals surface area contributed by atoms with Crippen LogP contribution in [0.3, 0.4) is 0 Å². The summed E-state index contributed by atoms with van der Waals surface area (Å²) in [5, 5.41) is 0. The average molecular weight is 229 g/mol. The number of hydrogen-bond donors (Lipinski definition) is 0. The SMILES string of the molecule is CC(CN(C)C(=O)OC(C)(C)C)C(C)(C)C. The molecule has 0 aromatic carbocycles. The molecule has 0 aliphatic carbocycles. The Balaban J connectivity index is 4.27. The van der Waals surface area contributed by atoms with Crippen LogP contribution in [-0.4, -0.2) is 30.2 Å². The van der Waals surface area contributed by atoms with E-state index in [9.17, 15) is 4.79 Å². The number of carbonyl (C=O) groups is 1. The first-order valence-corrected chi connectivity index (χ1v) is 5.87. The molecule has 0 heterocycles. The van der Waals surface area contributed by atoms with Gasteiger partial charge in [-0.15, -0.1) is 0 Å². The lowest BCUT2D eigenvalue weighted by atomic mass is 9.82. The van der Waals surface area contributed by atoms with E-state index >= 15 is 0 Å². The van der Waals surface area contributed by atoms with Crippen LogP contribution in [0.4, 0.5) is 4.79 Å². The summed E-state index contributed by atoms with van der Waals surface area (Å²) in [5.74, 6) is 0.435. The molecule has 0 saturated heterocycles. The number of hydrogen-bond acceptors (Lipinski definition) is 2. The van der Waals surface area contributed by atoms with E-state index in [1.54, 1.807) is 11.9 Å². The van der Waals surface area contributed by atoms with E-state index in [0.29, 0.717) is 5.92 Å². The highest BCUT2D eigenvalue weighted by Gasteiger charge is 2.25. The first kappa shape index (κ1) is 15.3. The minimum atomic E-state index is -0.420. The van der Waals surface area contributed by atoms with Crippen LogP contribution >= 0.6 is 0 Å². The van der Waals surface area contributed by atoms with E-state index in [-0.39, 0.29) is 11.5 Å². The first-order chi connectivity index (χ1) is 6.93. The zero-order valence-electron chi connectivity index (χ0n) is 12.0. The first-order valence-electron chi connectivity index (χ1n) is 5.87. The summed E-state index contributed by atoms with van der Waals surface area (Å²) >= 11 is 0. The summed E-state index contributed by atoms with van der Waals surface area (Å²) in [5.41, 5.74) is -0.216. The molecule has 0 rings (SSSR count). The molecule has 0 fully saturated rings. The molecule has 16 heavy (non-hydrogen) atoms. The van der Waals surface area contributed by atoms with Crippen molar-refractivity contribution in [3.8, 4) is 0 Å². The fourth-order valence-corrected chi connectivity index (χ4v) is 1.10. The zero-order valence-corrected chi connectivity index (χ0v) is 12.0. The molecule has 0 saturated carbocycles. The lowest BCUT2D eigenvalue weighted by Gasteiger charge is -2.32. The molecule has 0 spiro atoms. The van der Waals surface area contributed by atoms with Gasteiger partial charge >= 0.3 is 6.09 Å². The highest BCUT2D eigenvalue weighted by molar-refractivity contribution is 5.67. The smallest absolute Gasteiger partial charge is 0.410 e. The Hall–Kier alpha value is -0.730. The summed E-state index contributed by atoms with van der Waals surface area (Å²) in [6, 6.07) is 0. The fourth-order valence-electron chi connectivity index (χ4n) is 1.10. The molecule has 0 aliphatic rings. The van der Waals surface area contributed by atoms with Crippen LogP contribution < -0.4 is 0 Å². The van der Waals surface area contributed by atoms with Crippen LogP contribution in [0.15, 0.2) is 0 Å². The monoisotopic (exact) mass is 229 g/mol. The van der Waals surface area contributed by atoms with E-state index in [1.165, 1.54) is 0 Å². The highest BCUT2D eigenvalue weighted by Crippen LogP contribution is 2.26. The third kappa shape index (κ3) is 5.99. The van der Waals surface area contributed by atoms with Crippen molar-refractivity contribution in [3.63, 3.8) is 0 Å². The Labute approximate surface area is 100 Å². The standard InChI is InChI=1S/C13H27NO2/c1-10(12(2,3)4)9-14(8)11(15)16-13(5,6)7/h10H,9H2,1-8H3. The van der Waals surface area contributed by atoms with Gasteiger partial charge in [-0.05, 0) is 32.1 Å². The minimum absolute atomic E-state index is 0.205. The lowest BCUT2D eigenvalue weighted by molar-refractivity contribution is 0.0244. The van der Waals surface area contributed by atoms with Crippen molar-refractivity contribution in [2.75, 3.05) is 13.6 Å².